The molecule has 112 valence electrons. The Kier molecular flexibility index (Phi) is 5.73. The lowest BCUT2D eigenvalue weighted by Crippen LogP contribution is -1.96. The zero-order valence-electron chi connectivity index (χ0n) is 12.5. The van der Waals surface area contributed by atoms with Crippen molar-refractivity contribution in [2.45, 2.75) is 6.92 Å². The topological polar surface area (TPSA) is 26.3 Å². The fraction of sp³-hybridized carbons (Fsp3) is 0.105. The van der Waals surface area contributed by atoms with E-state index >= 15 is 0 Å². The summed E-state index contributed by atoms with van der Waals surface area (Å²) in [6, 6.07) is 13.4. The lowest BCUT2D eigenvalue weighted by molar-refractivity contribution is 0.104. The van der Waals surface area contributed by atoms with Gasteiger partial charge in [-0.1, -0.05) is 58.4 Å². The molecule has 0 aliphatic carbocycles. The summed E-state index contributed by atoms with van der Waals surface area (Å²) in [5.74, 6) is 0.794. The first-order chi connectivity index (χ1) is 10.6. The fourth-order valence-electron chi connectivity index (χ4n) is 2.08. The van der Waals surface area contributed by atoms with Crippen molar-refractivity contribution in [3.05, 3.63) is 81.9 Å². The van der Waals surface area contributed by atoms with Crippen LogP contribution >= 0.6 is 15.9 Å². The molecule has 0 radical (unpaired) electrons. The van der Waals surface area contributed by atoms with Gasteiger partial charge in [-0.3, -0.25) is 4.79 Å². The van der Waals surface area contributed by atoms with Crippen LogP contribution in [0.2, 0.25) is 0 Å². The Balaban J connectivity index is 2.11. The Labute approximate surface area is 139 Å². The zero-order valence-corrected chi connectivity index (χ0v) is 14.1. The van der Waals surface area contributed by atoms with Crippen molar-refractivity contribution in [1.82, 2.24) is 0 Å². The molecule has 0 amide bonds. The molecular formula is C19H17BrO2. The minimum atomic E-state index is 0.00366. The van der Waals surface area contributed by atoms with Crippen LogP contribution < -0.4 is 4.74 Å². The Morgan fingerprint density at radius 3 is 2.64 bits per heavy atom. The predicted octanol–water partition coefficient (Wildman–Crippen LogP) is 5.22. The molecule has 0 spiro atoms. The van der Waals surface area contributed by atoms with E-state index in [0.717, 1.165) is 26.9 Å². The number of carbonyl (C=O) groups excluding carboxylic acids is 1. The van der Waals surface area contributed by atoms with Crippen LogP contribution in [0.15, 0.2) is 65.2 Å². The first-order valence-corrected chi connectivity index (χ1v) is 7.69. The summed E-state index contributed by atoms with van der Waals surface area (Å²) in [4.78, 5) is 12.1. The van der Waals surface area contributed by atoms with Crippen LogP contribution in [-0.4, -0.2) is 12.9 Å². The van der Waals surface area contributed by atoms with E-state index in [9.17, 15) is 4.79 Å². The fourth-order valence-corrected chi connectivity index (χ4v) is 2.46. The van der Waals surface area contributed by atoms with Crippen molar-refractivity contribution in [3.8, 4) is 5.75 Å². The molecule has 0 aromatic heterocycles. The van der Waals surface area contributed by atoms with Gasteiger partial charge in [0.15, 0.2) is 5.78 Å². The molecule has 2 aromatic rings. The highest BCUT2D eigenvalue weighted by atomic mass is 79.9. The Bertz CT molecular complexity index is 730. The van der Waals surface area contributed by atoms with Gasteiger partial charge in [0.1, 0.15) is 5.75 Å². The van der Waals surface area contributed by atoms with E-state index in [0.29, 0.717) is 0 Å². The van der Waals surface area contributed by atoms with Crippen LogP contribution in [0.5, 0.6) is 5.75 Å². The predicted molar refractivity (Wildman–Crippen MR) is 94.4 cm³/mol. The summed E-state index contributed by atoms with van der Waals surface area (Å²) in [6.07, 6.45) is 7.06. The van der Waals surface area contributed by atoms with Crippen molar-refractivity contribution in [3.63, 3.8) is 0 Å². The standard InChI is InChI=1S/C19H17BrO2/c1-14-7-3-5-9-17(14)18(21)10-6-4-8-15-13-16(20)11-12-19(15)22-2/h3-13H,1-2H3/b8-4+,10-6+. The Morgan fingerprint density at radius 1 is 1.14 bits per heavy atom. The minimum absolute atomic E-state index is 0.00366. The highest BCUT2D eigenvalue weighted by Crippen LogP contribution is 2.24. The maximum atomic E-state index is 12.1. The maximum absolute atomic E-state index is 12.1. The van der Waals surface area contributed by atoms with Gasteiger partial charge >= 0.3 is 0 Å². The SMILES string of the molecule is COc1ccc(Br)cc1/C=C/C=C/C(=O)c1ccccc1C. The number of hydrogen-bond donors (Lipinski definition) is 0. The quantitative estimate of drug-likeness (QED) is 0.417. The second-order valence-corrected chi connectivity index (χ2v) is 5.70. The molecule has 0 saturated carbocycles. The third-order valence-electron chi connectivity index (χ3n) is 3.24. The van der Waals surface area contributed by atoms with E-state index in [1.165, 1.54) is 0 Å². The molecule has 2 aromatic carbocycles. The van der Waals surface area contributed by atoms with E-state index in [1.807, 2.05) is 61.5 Å². The van der Waals surface area contributed by atoms with Gasteiger partial charge in [-0.2, -0.15) is 0 Å². The van der Waals surface area contributed by atoms with Crippen molar-refractivity contribution < 1.29 is 9.53 Å². The number of halogens is 1. The number of rotatable bonds is 5. The molecule has 0 aliphatic heterocycles. The molecule has 0 saturated heterocycles. The second kappa shape index (κ2) is 7.76. The molecule has 2 nitrogen and oxygen atoms in total. The molecule has 0 heterocycles. The molecular weight excluding hydrogens is 340 g/mol. The van der Waals surface area contributed by atoms with Crippen molar-refractivity contribution in [1.29, 1.82) is 0 Å². The molecule has 0 bridgehead atoms. The maximum Gasteiger partial charge on any atom is 0.186 e. The van der Waals surface area contributed by atoms with Crippen LogP contribution in [-0.2, 0) is 0 Å². The summed E-state index contributed by atoms with van der Waals surface area (Å²) in [6.45, 7) is 1.93. The van der Waals surface area contributed by atoms with Crippen LogP contribution in [0.3, 0.4) is 0 Å². The number of methoxy groups -OCH3 is 1. The normalized spacial score (nSPS) is 11.2. The van der Waals surface area contributed by atoms with Crippen LogP contribution in [0.1, 0.15) is 21.5 Å². The molecule has 0 N–H and O–H groups in total. The molecule has 0 fully saturated rings. The summed E-state index contributed by atoms with van der Waals surface area (Å²) in [5.41, 5.74) is 2.66. The van der Waals surface area contributed by atoms with Gasteiger partial charge in [-0.25, -0.2) is 0 Å². The second-order valence-electron chi connectivity index (χ2n) is 4.78. The average molecular weight is 357 g/mol. The number of aryl methyl sites for hydroxylation is 1. The lowest BCUT2D eigenvalue weighted by atomic mass is 10.0. The Hall–Kier alpha value is -2.13. The largest absolute Gasteiger partial charge is 0.496 e. The van der Waals surface area contributed by atoms with E-state index in [2.05, 4.69) is 15.9 Å². The smallest absolute Gasteiger partial charge is 0.186 e. The number of carbonyl (C=O) groups is 1. The van der Waals surface area contributed by atoms with E-state index in [1.54, 1.807) is 19.3 Å². The molecule has 2 rings (SSSR count). The van der Waals surface area contributed by atoms with Gasteiger partial charge in [-0.05, 0) is 36.8 Å². The first kappa shape index (κ1) is 16.2. The van der Waals surface area contributed by atoms with Crippen molar-refractivity contribution in [2.75, 3.05) is 7.11 Å². The minimum Gasteiger partial charge on any atom is -0.496 e. The monoisotopic (exact) mass is 356 g/mol. The average Bonchev–Trinajstić information content (AvgIpc) is 2.52. The van der Waals surface area contributed by atoms with Gasteiger partial charge in [-0.15, -0.1) is 0 Å². The van der Waals surface area contributed by atoms with Crippen LogP contribution in [0, 0.1) is 6.92 Å². The van der Waals surface area contributed by atoms with Crippen molar-refractivity contribution >= 4 is 27.8 Å². The number of allylic oxidation sites excluding steroid dienone is 3. The molecule has 0 unspecified atom stereocenters. The van der Waals surface area contributed by atoms with Crippen LogP contribution in [0.4, 0.5) is 0 Å². The van der Waals surface area contributed by atoms with Gasteiger partial charge in [0.2, 0.25) is 0 Å². The highest BCUT2D eigenvalue weighted by Gasteiger charge is 2.03. The van der Waals surface area contributed by atoms with E-state index in [4.69, 9.17) is 4.74 Å². The molecule has 0 atom stereocenters. The third kappa shape index (κ3) is 4.18. The van der Waals surface area contributed by atoms with E-state index in [-0.39, 0.29) is 5.78 Å². The van der Waals surface area contributed by atoms with Crippen LogP contribution in [0.25, 0.3) is 6.08 Å². The molecule has 0 aliphatic rings. The first-order valence-electron chi connectivity index (χ1n) is 6.90. The van der Waals surface area contributed by atoms with Gasteiger partial charge in [0.05, 0.1) is 7.11 Å². The van der Waals surface area contributed by atoms with Gasteiger partial charge in [0, 0.05) is 15.6 Å². The van der Waals surface area contributed by atoms with Gasteiger partial charge in [0.25, 0.3) is 0 Å². The molecule has 22 heavy (non-hydrogen) atoms. The number of ketones is 1. The highest BCUT2D eigenvalue weighted by molar-refractivity contribution is 9.10. The third-order valence-corrected chi connectivity index (χ3v) is 3.73. The van der Waals surface area contributed by atoms with Gasteiger partial charge < -0.3 is 4.74 Å². The lowest BCUT2D eigenvalue weighted by Gasteiger charge is -2.04. The Morgan fingerprint density at radius 2 is 1.91 bits per heavy atom. The summed E-state index contributed by atoms with van der Waals surface area (Å²) in [5, 5.41) is 0. The zero-order chi connectivity index (χ0) is 15.9. The summed E-state index contributed by atoms with van der Waals surface area (Å²) in [7, 11) is 1.64. The number of benzene rings is 2. The summed E-state index contributed by atoms with van der Waals surface area (Å²) < 4.78 is 6.28. The number of hydrogen-bond acceptors (Lipinski definition) is 2. The molecule has 3 heteroatoms. The van der Waals surface area contributed by atoms with E-state index < -0.39 is 0 Å². The van der Waals surface area contributed by atoms with Crippen molar-refractivity contribution in [2.24, 2.45) is 0 Å². The number of ether oxygens (including phenoxy) is 1. The summed E-state index contributed by atoms with van der Waals surface area (Å²) >= 11 is 3.43.